The summed E-state index contributed by atoms with van der Waals surface area (Å²) in [6, 6.07) is 7.47. The number of Topliss-reactive ketones (excluding diaryl/α,β-unsaturated/α-hetero) is 1. The first-order valence-corrected chi connectivity index (χ1v) is 6.95. The van der Waals surface area contributed by atoms with Gasteiger partial charge in [-0.05, 0) is 29.4 Å². The van der Waals surface area contributed by atoms with E-state index in [1.165, 1.54) is 0 Å². The van der Waals surface area contributed by atoms with Crippen molar-refractivity contribution in [3.05, 3.63) is 34.9 Å². The van der Waals surface area contributed by atoms with Crippen molar-refractivity contribution in [3.8, 4) is 0 Å². The minimum Gasteiger partial charge on any atom is -0.298 e. The molecule has 0 bridgehead atoms. The van der Waals surface area contributed by atoms with Crippen LogP contribution in [0, 0.1) is 5.92 Å². The second kappa shape index (κ2) is 6.97. The standard InChI is InChI=1S/C13H17ClOS/c1-10(2)8-16-9-13(15)7-11-3-5-12(14)6-4-11/h3-6,10H,7-9H2,1-2H3. The van der Waals surface area contributed by atoms with Crippen LogP contribution >= 0.6 is 23.4 Å². The average molecular weight is 257 g/mol. The van der Waals surface area contributed by atoms with E-state index < -0.39 is 0 Å². The molecule has 1 aromatic carbocycles. The van der Waals surface area contributed by atoms with Crippen LogP contribution in [0.1, 0.15) is 19.4 Å². The van der Waals surface area contributed by atoms with Crippen molar-refractivity contribution >= 4 is 29.1 Å². The topological polar surface area (TPSA) is 17.1 Å². The molecule has 0 aromatic heterocycles. The molecule has 0 amide bonds. The van der Waals surface area contributed by atoms with Crippen molar-refractivity contribution in [3.63, 3.8) is 0 Å². The molecule has 1 aromatic rings. The van der Waals surface area contributed by atoms with E-state index in [-0.39, 0.29) is 5.78 Å². The van der Waals surface area contributed by atoms with Crippen molar-refractivity contribution in [2.45, 2.75) is 20.3 Å². The van der Waals surface area contributed by atoms with Gasteiger partial charge in [0.2, 0.25) is 0 Å². The number of rotatable bonds is 6. The highest BCUT2D eigenvalue weighted by molar-refractivity contribution is 7.99. The lowest BCUT2D eigenvalue weighted by Crippen LogP contribution is -2.07. The van der Waals surface area contributed by atoms with Gasteiger partial charge in [0.1, 0.15) is 5.78 Å². The number of hydrogen-bond donors (Lipinski definition) is 0. The van der Waals surface area contributed by atoms with Crippen LogP contribution in [0.5, 0.6) is 0 Å². The molecule has 0 radical (unpaired) electrons. The fourth-order valence-corrected chi connectivity index (χ4v) is 2.33. The molecule has 0 spiro atoms. The summed E-state index contributed by atoms with van der Waals surface area (Å²) in [4.78, 5) is 11.6. The predicted molar refractivity (Wildman–Crippen MR) is 72.3 cm³/mol. The Labute approximate surface area is 107 Å². The summed E-state index contributed by atoms with van der Waals surface area (Å²) in [6.45, 7) is 4.33. The second-order valence-corrected chi connectivity index (χ2v) is 5.72. The van der Waals surface area contributed by atoms with E-state index in [0.717, 1.165) is 11.3 Å². The second-order valence-electron chi connectivity index (χ2n) is 4.25. The average Bonchev–Trinajstić information content (AvgIpc) is 2.21. The summed E-state index contributed by atoms with van der Waals surface area (Å²) >= 11 is 7.49. The van der Waals surface area contributed by atoms with E-state index in [1.54, 1.807) is 11.8 Å². The lowest BCUT2D eigenvalue weighted by molar-refractivity contribution is -0.116. The number of benzene rings is 1. The van der Waals surface area contributed by atoms with Gasteiger partial charge in [-0.15, -0.1) is 0 Å². The highest BCUT2D eigenvalue weighted by atomic mass is 35.5. The molecule has 16 heavy (non-hydrogen) atoms. The molecule has 1 nitrogen and oxygen atoms in total. The zero-order valence-electron chi connectivity index (χ0n) is 9.70. The van der Waals surface area contributed by atoms with Crippen LogP contribution in [-0.2, 0) is 11.2 Å². The van der Waals surface area contributed by atoms with Gasteiger partial charge in [0.15, 0.2) is 0 Å². The first-order chi connectivity index (χ1) is 7.58. The fraction of sp³-hybridized carbons (Fsp3) is 0.462. The van der Waals surface area contributed by atoms with Crippen molar-refractivity contribution in [2.75, 3.05) is 11.5 Å². The SMILES string of the molecule is CC(C)CSCC(=O)Cc1ccc(Cl)cc1. The summed E-state index contributed by atoms with van der Waals surface area (Å²) in [5.74, 6) is 2.59. The zero-order valence-corrected chi connectivity index (χ0v) is 11.3. The van der Waals surface area contributed by atoms with Crippen LogP contribution < -0.4 is 0 Å². The Morgan fingerprint density at radius 3 is 2.50 bits per heavy atom. The number of halogens is 1. The largest absolute Gasteiger partial charge is 0.298 e. The van der Waals surface area contributed by atoms with Crippen molar-refractivity contribution in [2.24, 2.45) is 5.92 Å². The van der Waals surface area contributed by atoms with Gasteiger partial charge in [0, 0.05) is 11.4 Å². The van der Waals surface area contributed by atoms with Crippen LogP contribution in [0.2, 0.25) is 5.02 Å². The third kappa shape index (κ3) is 5.57. The zero-order chi connectivity index (χ0) is 12.0. The molecule has 0 aliphatic heterocycles. The molecule has 0 fully saturated rings. The fourth-order valence-electron chi connectivity index (χ4n) is 1.29. The molecular weight excluding hydrogens is 240 g/mol. The Hall–Kier alpha value is -0.470. The van der Waals surface area contributed by atoms with Crippen LogP contribution in [0.4, 0.5) is 0 Å². The predicted octanol–water partition coefficient (Wildman–Crippen LogP) is 3.84. The molecular formula is C13H17ClOS. The maximum Gasteiger partial charge on any atom is 0.147 e. The van der Waals surface area contributed by atoms with E-state index in [0.29, 0.717) is 23.1 Å². The number of carbonyl (C=O) groups excluding carboxylic acids is 1. The minimum atomic E-state index is 0.285. The van der Waals surface area contributed by atoms with Crippen LogP contribution in [-0.4, -0.2) is 17.3 Å². The van der Waals surface area contributed by atoms with E-state index >= 15 is 0 Å². The molecule has 0 N–H and O–H groups in total. The lowest BCUT2D eigenvalue weighted by atomic mass is 10.1. The molecule has 3 heteroatoms. The number of ketones is 1. The third-order valence-electron chi connectivity index (χ3n) is 2.03. The van der Waals surface area contributed by atoms with Crippen molar-refractivity contribution < 1.29 is 4.79 Å². The van der Waals surface area contributed by atoms with Crippen LogP contribution in [0.3, 0.4) is 0 Å². The van der Waals surface area contributed by atoms with Gasteiger partial charge in [0.05, 0.1) is 5.75 Å². The van der Waals surface area contributed by atoms with E-state index in [1.807, 2.05) is 24.3 Å². The maximum absolute atomic E-state index is 11.6. The van der Waals surface area contributed by atoms with E-state index in [9.17, 15) is 4.79 Å². The molecule has 0 saturated heterocycles. The highest BCUT2D eigenvalue weighted by Crippen LogP contribution is 2.12. The van der Waals surface area contributed by atoms with Crippen molar-refractivity contribution in [1.29, 1.82) is 0 Å². The highest BCUT2D eigenvalue weighted by Gasteiger charge is 2.04. The quantitative estimate of drug-likeness (QED) is 0.769. The van der Waals surface area contributed by atoms with Crippen molar-refractivity contribution in [1.82, 2.24) is 0 Å². The summed E-state index contributed by atoms with van der Waals surface area (Å²) in [6.07, 6.45) is 0.516. The van der Waals surface area contributed by atoms with Crippen LogP contribution in [0.15, 0.2) is 24.3 Å². The normalized spacial score (nSPS) is 10.8. The molecule has 1 rings (SSSR count). The summed E-state index contributed by atoms with van der Waals surface area (Å²) in [5.41, 5.74) is 1.04. The Balaban J connectivity index is 2.31. The van der Waals surface area contributed by atoms with Crippen LogP contribution in [0.25, 0.3) is 0 Å². The van der Waals surface area contributed by atoms with E-state index in [2.05, 4.69) is 13.8 Å². The smallest absolute Gasteiger partial charge is 0.147 e. The molecule has 0 atom stereocenters. The first kappa shape index (κ1) is 13.6. The number of carbonyl (C=O) groups is 1. The summed E-state index contributed by atoms with van der Waals surface area (Å²) < 4.78 is 0. The number of thioether (sulfide) groups is 1. The molecule has 0 aliphatic rings. The minimum absolute atomic E-state index is 0.285. The van der Waals surface area contributed by atoms with Gasteiger partial charge in [-0.1, -0.05) is 37.6 Å². The summed E-state index contributed by atoms with van der Waals surface area (Å²) in [7, 11) is 0. The Morgan fingerprint density at radius 2 is 1.94 bits per heavy atom. The molecule has 0 aliphatic carbocycles. The van der Waals surface area contributed by atoms with Gasteiger partial charge in [-0.2, -0.15) is 11.8 Å². The van der Waals surface area contributed by atoms with Gasteiger partial charge < -0.3 is 0 Å². The van der Waals surface area contributed by atoms with Gasteiger partial charge >= 0.3 is 0 Å². The Kier molecular flexibility index (Phi) is 5.93. The Bertz CT molecular complexity index is 332. The number of hydrogen-bond acceptors (Lipinski definition) is 2. The Morgan fingerprint density at radius 1 is 1.31 bits per heavy atom. The monoisotopic (exact) mass is 256 g/mol. The van der Waals surface area contributed by atoms with Gasteiger partial charge in [-0.25, -0.2) is 0 Å². The lowest BCUT2D eigenvalue weighted by Gasteiger charge is -2.04. The molecule has 0 saturated carbocycles. The maximum atomic E-state index is 11.6. The molecule has 88 valence electrons. The van der Waals surface area contributed by atoms with Gasteiger partial charge in [0.25, 0.3) is 0 Å². The molecule has 0 unspecified atom stereocenters. The van der Waals surface area contributed by atoms with E-state index in [4.69, 9.17) is 11.6 Å². The first-order valence-electron chi connectivity index (χ1n) is 5.42. The van der Waals surface area contributed by atoms with Gasteiger partial charge in [-0.3, -0.25) is 4.79 Å². The third-order valence-corrected chi connectivity index (χ3v) is 3.71. The summed E-state index contributed by atoms with van der Waals surface area (Å²) in [5, 5.41) is 0.713. The molecule has 0 heterocycles.